The Hall–Kier alpha value is -2.45. The molecule has 0 bridgehead atoms. The van der Waals surface area contributed by atoms with Gasteiger partial charge in [0.15, 0.2) is 0 Å². The topological polar surface area (TPSA) is 90.6 Å². The van der Waals surface area contributed by atoms with E-state index in [1.54, 1.807) is 17.7 Å². The van der Waals surface area contributed by atoms with E-state index in [0.29, 0.717) is 30.0 Å². The van der Waals surface area contributed by atoms with Crippen molar-refractivity contribution in [2.75, 3.05) is 26.4 Å². The molecule has 0 saturated carbocycles. The van der Waals surface area contributed by atoms with Crippen LogP contribution in [0.5, 0.6) is 5.88 Å². The highest BCUT2D eigenvalue weighted by Crippen LogP contribution is 2.27. The summed E-state index contributed by atoms with van der Waals surface area (Å²) < 4.78 is 13.0. The summed E-state index contributed by atoms with van der Waals surface area (Å²) in [7, 11) is 1.75. The monoisotopic (exact) mass is 417 g/mol. The van der Waals surface area contributed by atoms with Gasteiger partial charge in [0.1, 0.15) is 11.3 Å². The molecule has 0 aliphatic carbocycles. The zero-order chi connectivity index (χ0) is 20.2. The average Bonchev–Trinajstić information content (AvgIpc) is 3.22. The smallest absolute Gasteiger partial charge is 0.250 e. The zero-order valence-corrected chi connectivity index (χ0v) is 17.0. The maximum absolute atomic E-state index is 11.8. The van der Waals surface area contributed by atoms with Crippen LogP contribution in [0.4, 0.5) is 0 Å². The van der Waals surface area contributed by atoms with Crippen LogP contribution >= 0.6 is 11.6 Å². The molecule has 2 aliphatic heterocycles. The molecular weight excluding hydrogens is 394 g/mol. The van der Waals surface area contributed by atoms with Crippen LogP contribution in [-0.4, -0.2) is 52.8 Å². The highest BCUT2D eigenvalue weighted by molar-refractivity contribution is 6.31. The molecule has 1 N–H and O–H groups in total. The predicted molar refractivity (Wildman–Crippen MR) is 110 cm³/mol. The van der Waals surface area contributed by atoms with Crippen molar-refractivity contribution in [3.63, 3.8) is 0 Å². The molecule has 0 radical (unpaired) electrons. The van der Waals surface area contributed by atoms with E-state index in [9.17, 15) is 4.79 Å². The first-order chi connectivity index (χ1) is 14.1. The maximum atomic E-state index is 11.8. The number of hydrogen-bond donors (Lipinski definition) is 1. The minimum Gasteiger partial charge on any atom is -0.476 e. The first kappa shape index (κ1) is 19.8. The molecule has 2 atom stereocenters. The third-order valence-electron chi connectivity index (χ3n) is 5.46. The van der Waals surface area contributed by atoms with E-state index in [4.69, 9.17) is 26.1 Å². The molecule has 4 heterocycles. The second kappa shape index (κ2) is 8.92. The second-order valence-electron chi connectivity index (χ2n) is 7.37. The highest BCUT2D eigenvalue weighted by Gasteiger charge is 2.32. The van der Waals surface area contributed by atoms with E-state index in [-0.39, 0.29) is 17.5 Å². The Morgan fingerprint density at radius 1 is 1.38 bits per heavy atom. The third kappa shape index (κ3) is 4.59. The summed E-state index contributed by atoms with van der Waals surface area (Å²) in [6.07, 6.45) is 6.73. The number of nitrogens with zero attached hydrogens (tertiary/aromatic N) is 4. The number of hydrogen-bond acceptors (Lipinski definition) is 7. The van der Waals surface area contributed by atoms with Crippen molar-refractivity contribution in [3.05, 3.63) is 51.8 Å². The van der Waals surface area contributed by atoms with Gasteiger partial charge >= 0.3 is 0 Å². The summed E-state index contributed by atoms with van der Waals surface area (Å²) in [5.74, 6) is 1.77. The van der Waals surface area contributed by atoms with Crippen molar-refractivity contribution in [2.24, 2.45) is 18.0 Å². The van der Waals surface area contributed by atoms with Crippen molar-refractivity contribution >= 4 is 17.4 Å². The van der Waals surface area contributed by atoms with E-state index in [1.165, 1.54) is 12.5 Å². The number of nitrogens with one attached hydrogen (secondary N) is 1. The molecule has 9 heteroatoms. The number of halogens is 1. The van der Waals surface area contributed by atoms with Crippen LogP contribution in [-0.2, 0) is 11.8 Å². The van der Waals surface area contributed by atoms with Gasteiger partial charge in [-0.15, -0.1) is 0 Å². The van der Waals surface area contributed by atoms with Gasteiger partial charge in [0.05, 0.1) is 31.2 Å². The first-order valence-corrected chi connectivity index (χ1v) is 10.1. The van der Waals surface area contributed by atoms with Crippen molar-refractivity contribution in [3.8, 4) is 5.88 Å². The van der Waals surface area contributed by atoms with Crippen LogP contribution in [0.1, 0.15) is 24.3 Å². The van der Waals surface area contributed by atoms with Gasteiger partial charge in [0.2, 0.25) is 11.4 Å². The fraction of sp³-hybridized carbons (Fsp3) is 0.500. The third-order valence-corrected chi connectivity index (χ3v) is 5.71. The average molecular weight is 418 g/mol. The fourth-order valence-electron chi connectivity index (χ4n) is 3.78. The minimum absolute atomic E-state index is 0.0334. The lowest BCUT2D eigenvalue weighted by molar-refractivity contribution is 0.0821. The number of ether oxygens (including phenoxy) is 2. The summed E-state index contributed by atoms with van der Waals surface area (Å²) in [6.45, 7) is 2.55. The Labute approximate surface area is 173 Å². The zero-order valence-electron chi connectivity index (χ0n) is 16.3. The van der Waals surface area contributed by atoms with Gasteiger partial charge in [-0.25, -0.2) is 9.97 Å². The molecule has 2 aromatic heterocycles. The Morgan fingerprint density at radius 3 is 2.97 bits per heavy atom. The first-order valence-electron chi connectivity index (χ1n) is 9.75. The standard InChI is InChI=1S/C20H24ClN5O3/c1-26-10-14(2-3-18(26)27)15(11-29-20-16(21)8-22-12-24-20)17-9-23-19(25-17)13-4-6-28-7-5-13/h2-3,8,10,12-13,15,17H,4-7,9,11H2,1H3,(H,23,25)/t15?,17-/m0/s1. The van der Waals surface area contributed by atoms with Gasteiger partial charge in [0.25, 0.3) is 0 Å². The van der Waals surface area contributed by atoms with Crippen LogP contribution in [0.2, 0.25) is 5.02 Å². The Bertz CT molecular complexity index is 942. The van der Waals surface area contributed by atoms with Crippen molar-refractivity contribution < 1.29 is 9.47 Å². The lowest BCUT2D eigenvalue weighted by Gasteiger charge is -2.27. The SMILES string of the molecule is Cn1cc(C(COc2ncncc2Cl)[C@@H]2CN=C(C3CCOCC3)N2)ccc1=O. The van der Waals surface area contributed by atoms with Crippen LogP contribution in [0.25, 0.3) is 0 Å². The molecule has 154 valence electrons. The summed E-state index contributed by atoms with van der Waals surface area (Å²) in [5, 5.41) is 3.97. The molecule has 2 aliphatic rings. The lowest BCUT2D eigenvalue weighted by Crippen LogP contribution is -2.41. The number of aryl methyl sites for hydroxylation is 1. The van der Waals surface area contributed by atoms with E-state index >= 15 is 0 Å². The summed E-state index contributed by atoms with van der Waals surface area (Å²) in [5.41, 5.74) is 0.948. The van der Waals surface area contributed by atoms with Crippen molar-refractivity contribution in [1.82, 2.24) is 19.9 Å². The van der Waals surface area contributed by atoms with Gasteiger partial charge in [0, 0.05) is 44.4 Å². The van der Waals surface area contributed by atoms with Gasteiger partial charge in [-0.3, -0.25) is 9.79 Å². The summed E-state index contributed by atoms with van der Waals surface area (Å²) in [6, 6.07) is 3.49. The molecule has 0 aromatic carbocycles. The highest BCUT2D eigenvalue weighted by atomic mass is 35.5. The summed E-state index contributed by atoms with van der Waals surface area (Å²) >= 11 is 6.14. The van der Waals surface area contributed by atoms with Crippen molar-refractivity contribution in [1.29, 1.82) is 0 Å². The molecule has 2 aromatic rings. The number of aromatic nitrogens is 3. The van der Waals surface area contributed by atoms with E-state index in [1.807, 2.05) is 12.3 Å². The normalized spacial score (nSPS) is 20.8. The predicted octanol–water partition coefficient (Wildman–Crippen LogP) is 1.79. The number of aliphatic imine (C=N–C) groups is 1. The molecule has 29 heavy (non-hydrogen) atoms. The number of pyridine rings is 1. The van der Waals surface area contributed by atoms with E-state index < -0.39 is 0 Å². The minimum atomic E-state index is -0.0502. The van der Waals surface area contributed by atoms with Crippen LogP contribution < -0.4 is 15.6 Å². The van der Waals surface area contributed by atoms with E-state index in [0.717, 1.165) is 37.5 Å². The Balaban J connectivity index is 1.52. The van der Waals surface area contributed by atoms with Gasteiger partial charge < -0.3 is 19.4 Å². The van der Waals surface area contributed by atoms with Gasteiger partial charge in [-0.05, 0) is 18.4 Å². The largest absolute Gasteiger partial charge is 0.476 e. The molecule has 1 saturated heterocycles. The molecular formula is C20H24ClN5O3. The molecule has 1 fully saturated rings. The van der Waals surface area contributed by atoms with Gasteiger partial charge in [-0.2, -0.15) is 0 Å². The summed E-state index contributed by atoms with van der Waals surface area (Å²) in [4.78, 5) is 24.6. The molecule has 8 nitrogen and oxygen atoms in total. The molecule has 1 unspecified atom stereocenters. The van der Waals surface area contributed by atoms with Crippen LogP contribution in [0.3, 0.4) is 0 Å². The quantitative estimate of drug-likeness (QED) is 0.770. The fourth-order valence-corrected chi connectivity index (χ4v) is 3.94. The molecule has 4 rings (SSSR count). The maximum Gasteiger partial charge on any atom is 0.250 e. The Kier molecular flexibility index (Phi) is 6.10. The lowest BCUT2D eigenvalue weighted by atomic mass is 9.93. The van der Waals surface area contributed by atoms with Crippen LogP contribution in [0, 0.1) is 5.92 Å². The molecule has 0 spiro atoms. The number of amidine groups is 1. The number of rotatable bonds is 6. The van der Waals surface area contributed by atoms with E-state index in [2.05, 4.69) is 15.3 Å². The van der Waals surface area contributed by atoms with Gasteiger partial charge in [-0.1, -0.05) is 17.7 Å². The second-order valence-corrected chi connectivity index (χ2v) is 7.78. The Morgan fingerprint density at radius 2 is 2.21 bits per heavy atom. The van der Waals surface area contributed by atoms with Crippen LogP contribution in [0.15, 0.2) is 40.6 Å². The van der Waals surface area contributed by atoms with Crippen molar-refractivity contribution in [2.45, 2.75) is 24.8 Å². The molecule has 0 amide bonds.